The summed E-state index contributed by atoms with van der Waals surface area (Å²) in [7, 11) is -1.90. The fourth-order valence-corrected chi connectivity index (χ4v) is 0.933. The highest BCUT2D eigenvalue weighted by Crippen LogP contribution is 1.94. The van der Waals surface area contributed by atoms with Gasteiger partial charge in [-0.15, -0.1) is 0 Å². The normalized spacial score (nSPS) is 15.4. The average Bonchev–Trinajstić information content (AvgIpc) is 1.85. The Morgan fingerprint density at radius 3 is 2.27 bits per heavy atom. The highest BCUT2D eigenvalue weighted by atomic mass is 32.2. The molecule has 0 saturated carbocycles. The van der Waals surface area contributed by atoms with Crippen LogP contribution in [0.25, 0.3) is 0 Å². The van der Waals surface area contributed by atoms with E-state index in [1.165, 1.54) is 7.05 Å². The largest absolute Gasteiger partial charge is 0.394 e. The van der Waals surface area contributed by atoms with Crippen molar-refractivity contribution in [1.29, 1.82) is 0 Å². The molecule has 0 aliphatic carbocycles. The molecular formula is C5H13NO4S. The van der Waals surface area contributed by atoms with Crippen molar-refractivity contribution in [3.8, 4) is 0 Å². The quantitative estimate of drug-likeness (QED) is 0.541. The summed E-state index contributed by atoms with van der Waals surface area (Å²) in [4.78, 5) is 0. The number of aliphatic hydroxyl groups is 2. The molecule has 0 rings (SSSR count). The lowest BCUT2D eigenvalue weighted by molar-refractivity contribution is 0.0827. The number of hydrogen-bond acceptors (Lipinski definition) is 4. The zero-order chi connectivity index (χ0) is 9.07. The maximum absolute atomic E-state index is 10.7. The second-order valence-electron chi connectivity index (χ2n) is 2.38. The van der Waals surface area contributed by atoms with E-state index in [1.807, 2.05) is 0 Å². The van der Waals surface area contributed by atoms with Crippen LogP contribution in [0.4, 0.5) is 0 Å². The molecule has 0 heterocycles. The summed E-state index contributed by atoms with van der Waals surface area (Å²) in [6, 6.07) is 0. The van der Waals surface area contributed by atoms with Gasteiger partial charge in [0, 0.05) is 13.6 Å². The van der Waals surface area contributed by atoms with Gasteiger partial charge in [0.15, 0.2) is 0 Å². The molecule has 1 atom stereocenters. The lowest BCUT2D eigenvalue weighted by atomic mass is 10.4. The number of sulfonamides is 1. The third-order valence-corrected chi connectivity index (χ3v) is 2.53. The fourth-order valence-electron chi connectivity index (χ4n) is 0.490. The van der Waals surface area contributed by atoms with E-state index in [-0.39, 0.29) is 6.54 Å². The zero-order valence-electron chi connectivity index (χ0n) is 6.56. The molecule has 6 heteroatoms. The van der Waals surface area contributed by atoms with Gasteiger partial charge in [-0.2, -0.15) is 0 Å². The molecule has 11 heavy (non-hydrogen) atoms. The monoisotopic (exact) mass is 183 g/mol. The molecule has 0 amide bonds. The minimum absolute atomic E-state index is 0.0741. The van der Waals surface area contributed by atoms with E-state index >= 15 is 0 Å². The Hall–Kier alpha value is -0.170. The summed E-state index contributed by atoms with van der Waals surface area (Å²) in [5.74, 6) is 0. The number of likely N-dealkylation sites (N-methyl/N-ethyl adjacent to an activating group) is 1. The van der Waals surface area contributed by atoms with Crippen molar-refractivity contribution in [2.75, 3.05) is 26.5 Å². The Bertz CT molecular complexity index is 201. The lowest BCUT2D eigenvalue weighted by Gasteiger charge is -2.16. The van der Waals surface area contributed by atoms with Gasteiger partial charge in [0.25, 0.3) is 0 Å². The summed E-state index contributed by atoms with van der Waals surface area (Å²) in [6.07, 6.45) is 0.0339. The van der Waals surface area contributed by atoms with E-state index in [4.69, 9.17) is 10.2 Å². The number of aliphatic hydroxyl groups excluding tert-OH is 2. The Balaban J connectivity index is 3.98. The molecular weight excluding hydrogens is 170 g/mol. The van der Waals surface area contributed by atoms with E-state index < -0.39 is 22.7 Å². The Kier molecular flexibility index (Phi) is 3.95. The minimum atomic E-state index is -3.25. The van der Waals surface area contributed by atoms with E-state index in [0.717, 1.165) is 10.6 Å². The van der Waals surface area contributed by atoms with Crippen molar-refractivity contribution >= 4 is 10.0 Å². The topological polar surface area (TPSA) is 77.8 Å². The Labute approximate surface area is 66.3 Å². The van der Waals surface area contributed by atoms with Crippen LogP contribution < -0.4 is 0 Å². The van der Waals surface area contributed by atoms with E-state index in [2.05, 4.69) is 0 Å². The van der Waals surface area contributed by atoms with Crippen LogP contribution >= 0.6 is 0 Å². The van der Waals surface area contributed by atoms with Gasteiger partial charge in [-0.25, -0.2) is 12.7 Å². The predicted octanol–water partition coefficient (Wildman–Crippen LogP) is -1.77. The van der Waals surface area contributed by atoms with Crippen LogP contribution in [0.5, 0.6) is 0 Å². The first-order valence-electron chi connectivity index (χ1n) is 3.08. The average molecular weight is 183 g/mol. The summed E-state index contributed by atoms with van der Waals surface area (Å²) < 4.78 is 22.4. The maximum atomic E-state index is 10.7. The van der Waals surface area contributed by atoms with Crippen molar-refractivity contribution in [1.82, 2.24) is 4.31 Å². The fraction of sp³-hybridized carbons (Fsp3) is 1.00. The molecule has 0 aromatic heterocycles. The molecule has 0 aliphatic rings. The van der Waals surface area contributed by atoms with E-state index in [9.17, 15) is 8.42 Å². The van der Waals surface area contributed by atoms with Crippen LogP contribution in [0.2, 0.25) is 0 Å². The van der Waals surface area contributed by atoms with Gasteiger partial charge in [-0.3, -0.25) is 0 Å². The summed E-state index contributed by atoms with van der Waals surface area (Å²) in [5, 5.41) is 17.2. The Morgan fingerprint density at radius 2 is 2.00 bits per heavy atom. The lowest BCUT2D eigenvalue weighted by Crippen LogP contribution is -2.35. The minimum Gasteiger partial charge on any atom is -0.394 e. The smallest absolute Gasteiger partial charge is 0.211 e. The second kappa shape index (κ2) is 4.01. The molecule has 5 nitrogen and oxygen atoms in total. The third kappa shape index (κ3) is 4.31. The van der Waals surface area contributed by atoms with Crippen LogP contribution in [-0.2, 0) is 10.0 Å². The number of nitrogens with zero attached hydrogens (tertiary/aromatic N) is 1. The van der Waals surface area contributed by atoms with Crippen molar-refractivity contribution in [3.05, 3.63) is 0 Å². The highest BCUT2D eigenvalue weighted by molar-refractivity contribution is 7.88. The van der Waals surface area contributed by atoms with Crippen molar-refractivity contribution in [3.63, 3.8) is 0 Å². The molecule has 0 radical (unpaired) electrons. The van der Waals surface area contributed by atoms with Crippen LogP contribution in [-0.4, -0.2) is 55.5 Å². The van der Waals surface area contributed by atoms with Gasteiger partial charge in [0.2, 0.25) is 10.0 Å². The van der Waals surface area contributed by atoms with Gasteiger partial charge in [0.05, 0.1) is 19.0 Å². The molecule has 0 fully saturated rings. The van der Waals surface area contributed by atoms with Crippen molar-refractivity contribution in [2.45, 2.75) is 6.10 Å². The molecule has 0 saturated heterocycles. The van der Waals surface area contributed by atoms with Crippen LogP contribution in [0, 0.1) is 0 Å². The highest BCUT2D eigenvalue weighted by Gasteiger charge is 2.14. The first kappa shape index (κ1) is 10.8. The van der Waals surface area contributed by atoms with Crippen molar-refractivity contribution < 1.29 is 18.6 Å². The molecule has 0 spiro atoms. The molecule has 0 aliphatic heterocycles. The standard InChI is InChI=1S/C5H13NO4S/c1-6(11(2,9)10)3-5(8)4-7/h5,7-8H,3-4H2,1-2H3. The van der Waals surface area contributed by atoms with E-state index in [1.54, 1.807) is 0 Å². The third-order valence-electron chi connectivity index (χ3n) is 1.24. The summed E-state index contributed by atoms with van der Waals surface area (Å²) in [6.45, 7) is -0.505. The molecule has 2 N–H and O–H groups in total. The number of rotatable bonds is 4. The van der Waals surface area contributed by atoms with Crippen LogP contribution in [0.15, 0.2) is 0 Å². The second-order valence-corrected chi connectivity index (χ2v) is 4.47. The number of hydrogen-bond donors (Lipinski definition) is 2. The molecule has 1 unspecified atom stereocenters. The van der Waals surface area contributed by atoms with Gasteiger partial charge in [-0.05, 0) is 0 Å². The maximum Gasteiger partial charge on any atom is 0.211 e. The predicted molar refractivity (Wildman–Crippen MR) is 40.6 cm³/mol. The van der Waals surface area contributed by atoms with Gasteiger partial charge < -0.3 is 10.2 Å². The van der Waals surface area contributed by atoms with Gasteiger partial charge in [0.1, 0.15) is 0 Å². The Morgan fingerprint density at radius 1 is 1.55 bits per heavy atom. The summed E-state index contributed by atoms with van der Waals surface area (Å²) in [5.41, 5.74) is 0. The van der Waals surface area contributed by atoms with E-state index in [0.29, 0.717) is 0 Å². The van der Waals surface area contributed by atoms with Crippen molar-refractivity contribution in [2.24, 2.45) is 0 Å². The van der Waals surface area contributed by atoms with Crippen LogP contribution in [0.1, 0.15) is 0 Å². The molecule has 0 bridgehead atoms. The first-order chi connectivity index (χ1) is 4.88. The van der Waals surface area contributed by atoms with Gasteiger partial charge >= 0.3 is 0 Å². The first-order valence-corrected chi connectivity index (χ1v) is 4.93. The molecule has 68 valence electrons. The van der Waals surface area contributed by atoms with Crippen LogP contribution in [0.3, 0.4) is 0 Å². The SMILES string of the molecule is CN(CC(O)CO)S(C)(=O)=O. The zero-order valence-corrected chi connectivity index (χ0v) is 7.37. The molecule has 0 aromatic rings. The van der Waals surface area contributed by atoms with Gasteiger partial charge in [-0.1, -0.05) is 0 Å². The molecule has 0 aromatic carbocycles. The summed E-state index contributed by atoms with van der Waals surface area (Å²) >= 11 is 0.